The standard InChI is InChI=1S/C13H15FN2O/c14-11-4-9(3-8-1-2-15-7-8)13-10(5-11)6-12(17)16-13/h4-5,8,15H,1-3,6-7H2,(H,16,17). The lowest BCUT2D eigenvalue weighted by atomic mass is 9.95. The summed E-state index contributed by atoms with van der Waals surface area (Å²) in [7, 11) is 0. The number of fused-ring (bicyclic) bond motifs is 1. The highest BCUT2D eigenvalue weighted by Gasteiger charge is 2.24. The molecular formula is C13H15FN2O. The first-order valence-corrected chi connectivity index (χ1v) is 6.04. The van der Waals surface area contributed by atoms with Crippen LogP contribution in [-0.4, -0.2) is 19.0 Å². The first-order chi connectivity index (χ1) is 8.22. The molecular weight excluding hydrogens is 219 g/mol. The van der Waals surface area contributed by atoms with Crippen LogP contribution in [0.3, 0.4) is 0 Å². The van der Waals surface area contributed by atoms with Gasteiger partial charge in [-0.3, -0.25) is 4.79 Å². The molecule has 0 bridgehead atoms. The van der Waals surface area contributed by atoms with Gasteiger partial charge in [-0.1, -0.05) is 0 Å². The van der Waals surface area contributed by atoms with E-state index in [9.17, 15) is 9.18 Å². The summed E-state index contributed by atoms with van der Waals surface area (Å²) >= 11 is 0. The van der Waals surface area contributed by atoms with Gasteiger partial charge in [0.05, 0.1) is 6.42 Å². The van der Waals surface area contributed by atoms with Crippen molar-refractivity contribution in [2.24, 2.45) is 5.92 Å². The highest BCUT2D eigenvalue weighted by Crippen LogP contribution is 2.31. The molecule has 17 heavy (non-hydrogen) atoms. The molecule has 2 heterocycles. The summed E-state index contributed by atoms with van der Waals surface area (Å²) in [5.74, 6) is 0.288. The average molecular weight is 234 g/mol. The summed E-state index contributed by atoms with van der Waals surface area (Å²) in [4.78, 5) is 11.4. The Morgan fingerprint density at radius 1 is 1.41 bits per heavy atom. The van der Waals surface area contributed by atoms with Crippen molar-refractivity contribution in [3.63, 3.8) is 0 Å². The summed E-state index contributed by atoms with van der Waals surface area (Å²) in [6.07, 6.45) is 2.27. The lowest BCUT2D eigenvalue weighted by Gasteiger charge is -2.12. The Kier molecular flexibility index (Phi) is 2.59. The molecule has 2 aliphatic heterocycles. The van der Waals surface area contributed by atoms with Crippen molar-refractivity contribution in [2.45, 2.75) is 19.3 Å². The summed E-state index contributed by atoms with van der Waals surface area (Å²) < 4.78 is 13.5. The maximum absolute atomic E-state index is 13.5. The number of benzene rings is 1. The van der Waals surface area contributed by atoms with Gasteiger partial charge in [-0.15, -0.1) is 0 Å². The Balaban J connectivity index is 1.90. The lowest BCUT2D eigenvalue weighted by Crippen LogP contribution is -2.12. The Labute approximate surface area is 99.4 Å². The molecule has 1 aromatic rings. The van der Waals surface area contributed by atoms with E-state index >= 15 is 0 Å². The second-order valence-corrected chi connectivity index (χ2v) is 4.89. The third kappa shape index (κ3) is 2.05. The quantitative estimate of drug-likeness (QED) is 0.813. The third-order valence-electron chi connectivity index (χ3n) is 3.55. The monoisotopic (exact) mass is 234 g/mol. The van der Waals surface area contributed by atoms with Crippen LogP contribution in [0, 0.1) is 11.7 Å². The van der Waals surface area contributed by atoms with Crippen LogP contribution in [0.2, 0.25) is 0 Å². The summed E-state index contributed by atoms with van der Waals surface area (Å²) in [6.45, 7) is 2.02. The molecule has 0 aromatic heterocycles. The van der Waals surface area contributed by atoms with Gasteiger partial charge in [0.2, 0.25) is 5.91 Å². The molecule has 90 valence electrons. The topological polar surface area (TPSA) is 41.1 Å². The van der Waals surface area contributed by atoms with E-state index in [1.807, 2.05) is 0 Å². The first-order valence-electron chi connectivity index (χ1n) is 6.04. The van der Waals surface area contributed by atoms with E-state index in [0.717, 1.165) is 42.7 Å². The maximum atomic E-state index is 13.5. The predicted octanol–water partition coefficient (Wildman–Crippen LogP) is 1.47. The minimum absolute atomic E-state index is 0.0311. The van der Waals surface area contributed by atoms with Crippen LogP contribution in [0.5, 0.6) is 0 Å². The highest BCUT2D eigenvalue weighted by molar-refractivity contribution is 6.00. The number of carbonyl (C=O) groups excluding carboxylic acids is 1. The van der Waals surface area contributed by atoms with Gasteiger partial charge in [0.25, 0.3) is 0 Å². The molecule has 2 aliphatic rings. The van der Waals surface area contributed by atoms with Gasteiger partial charge >= 0.3 is 0 Å². The minimum atomic E-state index is -0.235. The molecule has 1 atom stereocenters. The van der Waals surface area contributed by atoms with Crippen LogP contribution in [0.1, 0.15) is 17.5 Å². The van der Waals surface area contributed by atoms with E-state index in [2.05, 4.69) is 10.6 Å². The van der Waals surface area contributed by atoms with Crippen LogP contribution in [0.25, 0.3) is 0 Å². The number of hydrogen-bond acceptors (Lipinski definition) is 2. The summed E-state index contributed by atoms with van der Waals surface area (Å²) in [5.41, 5.74) is 2.60. The summed E-state index contributed by atoms with van der Waals surface area (Å²) in [6, 6.07) is 3.02. The van der Waals surface area contributed by atoms with E-state index in [1.54, 1.807) is 6.07 Å². The van der Waals surface area contributed by atoms with Crippen molar-refractivity contribution in [3.05, 3.63) is 29.1 Å². The van der Waals surface area contributed by atoms with Gasteiger partial charge in [0.15, 0.2) is 0 Å². The van der Waals surface area contributed by atoms with Gasteiger partial charge in [-0.25, -0.2) is 4.39 Å². The normalized spacial score (nSPS) is 22.6. The molecule has 0 spiro atoms. The van der Waals surface area contributed by atoms with Crippen molar-refractivity contribution >= 4 is 11.6 Å². The van der Waals surface area contributed by atoms with Gasteiger partial charge in [-0.05, 0) is 55.1 Å². The van der Waals surface area contributed by atoms with Gasteiger partial charge in [0.1, 0.15) is 5.82 Å². The van der Waals surface area contributed by atoms with E-state index in [1.165, 1.54) is 6.07 Å². The van der Waals surface area contributed by atoms with Crippen LogP contribution in [0.4, 0.5) is 10.1 Å². The SMILES string of the molecule is O=C1Cc2cc(F)cc(CC3CCNC3)c2N1. The molecule has 0 radical (unpaired) electrons. The molecule has 2 N–H and O–H groups in total. The maximum Gasteiger partial charge on any atom is 0.228 e. The van der Waals surface area contributed by atoms with Gasteiger partial charge < -0.3 is 10.6 Å². The molecule has 0 saturated carbocycles. The molecule has 3 rings (SSSR count). The Bertz CT molecular complexity index is 467. The van der Waals surface area contributed by atoms with Crippen molar-refractivity contribution < 1.29 is 9.18 Å². The fourth-order valence-corrected chi connectivity index (χ4v) is 2.74. The number of rotatable bonds is 2. The van der Waals surface area contributed by atoms with E-state index < -0.39 is 0 Å². The van der Waals surface area contributed by atoms with Crippen molar-refractivity contribution in [1.82, 2.24) is 5.32 Å². The van der Waals surface area contributed by atoms with Crippen molar-refractivity contribution in [2.75, 3.05) is 18.4 Å². The predicted molar refractivity (Wildman–Crippen MR) is 63.4 cm³/mol. The molecule has 0 aliphatic carbocycles. The number of anilines is 1. The van der Waals surface area contributed by atoms with Crippen molar-refractivity contribution in [3.8, 4) is 0 Å². The molecule has 3 nitrogen and oxygen atoms in total. The summed E-state index contributed by atoms with van der Waals surface area (Å²) in [5, 5.41) is 6.14. The largest absolute Gasteiger partial charge is 0.325 e. The van der Waals surface area contributed by atoms with Crippen molar-refractivity contribution in [1.29, 1.82) is 0 Å². The van der Waals surface area contributed by atoms with Crippen LogP contribution in [0.15, 0.2) is 12.1 Å². The zero-order valence-electron chi connectivity index (χ0n) is 9.55. The molecule has 1 aromatic carbocycles. The number of halogens is 1. The zero-order valence-corrected chi connectivity index (χ0v) is 9.55. The zero-order chi connectivity index (χ0) is 11.8. The highest BCUT2D eigenvalue weighted by atomic mass is 19.1. The van der Waals surface area contributed by atoms with Crippen LogP contribution < -0.4 is 10.6 Å². The smallest absolute Gasteiger partial charge is 0.228 e. The Hall–Kier alpha value is -1.42. The van der Waals surface area contributed by atoms with Gasteiger partial charge in [0, 0.05) is 5.69 Å². The van der Waals surface area contributed by atoms with Crippen LogP contribution >= 0.6 is 0 Å². The number of nitrogens with one attached hydrogen (secondary N) is 2. The average Bonchev–Trinajstić information content (AvgIpc) is 2.86. The first kappa shape index (κ1) is 10.7. The van der Waals surface area contributed by atoms with E-state index in [-0.39, 0.29) is 11.7 Å². The van der Waals surface area contributed by atoms with E-state index in [4.69, 9.17) is 0 Å². The third-order valence-corrected chi connectivity index (χ3v) is 3.55. The molecule has 1 saturated heterocycles. The second-order valence-electron chi connectivity index (χ2n) is 4.89. The molecule has 1 amide bonds. The number of amides is 1. The number of hydrogen-bond donors (Lipinski definition) is 2. The minimum Gasteiger partial charge on any atom is -0.325 e. The van der Waals surface area contributed by atoms with Crippen LogP contribution in [-0.2, 0) is 17.6 Å². The van der Waals surface area contributed by atoms with Gasteiger partial charge in [-0.2, -0.15) is 0 Å². The fraction of sp³-hybridized carbons (Fsp3) is 0.462. The molecule has 4 heteroatoms. The van der Waals surface area contributed by atoms with E-state index in [0.29, 0.717) is 12.3 Å². The Morgan fingerprint density at radius 2 is 2.29 bits per heavy atom. The molecule has 1 unspecified atom stereocenters. The molecule has 1 fully saturated rings. The number of carbonyl (C=O) groups is 1. The second kappa shape index (κ2) is 4.11. The Morgan fingerprint density at radius 3 is 3.06 bits per heavy atom. The fourth-order valence-electron chi connectivity index (χ4n) is 2.74. The lowest BCUT2D eigenvalue weighted by molar-refractivity contribution is -0.115.